The van der Waals surface area contributed by atoms with Crippen LogP contribution in [-0.4, -0.2) is 10.9 Å². The van der Waals surface area contributed by atoms with Crippen molar-refractivity contribution in [2.75, 3.05) is 0 Å². The van der Waals surface area contributed by atoms with Gasteiger partial charge in [0, 0.05) is 6.42 Å². The van der Waals surface area contributed by atoms with Gasteiger partial charge < -0.3 is 5.11 Å². The highest BCUT2D eigenvalue weighted by Gasteiger charge is 2.06. The molecular formula is C20H36O2. The SMILES string of the molecule is O=C1CCCCCCCCCCCCCCCCCC=C1O. The van der Waals surface area contributed by atoms with E-state index in [1.165, 1.54) is 77.0 Å². The van der Waals surface area contributed by atoms with Crippen LogP contribution in [0.2, 0.25) is 0 Å². The van der Waals surface area contributed by atoms with E-state index in [0.717, 1.165) is 25.7 Å². The van der Waals surface area contributed by atoms with Gasteiger partial charge in [-0.3, -0.25) is 4.79 Å². The van der Waals surface area contributed by atoms with Gasteiger partial charge in [0.25, 0.3) is 0 Å². The summed E-state index contributed by atoms with van der Waals surface area (Å²) in [7, 11) is 0. The van der Waals surface area contributed by atoms with Gasteiger partial charge in [-0.25, -0.2) is 0 Å². The monoisotopic (exact) mass is 308 g/mol. The molecule has 1 aliphatic rings. The summed E-state index contributed by atoms with van der Waals surface area (Å²) in [5.41, 5.74) is 0. The minimum absolute atomic E-state index is 0.00871. The van der Waals surface area contributed by atoms with Crippen molar-refractivity contribution >= 4 is 5.78 Å². The molecule has 22 heavy (non-hydrogen) atoms. The van der Waals surface area contributed by atoms with Gasteiger partial charge in [-0.2, -0.15) is 0 Å². The van der Waals surface area contributed by atoms with Gasteiger partial charge in [0.15, 0.2) is 11.5 Å². The lowest BCUT2D eigenvalue weighted by Gasteiger charge is -2.05. The second-order valence-electron chi connectivity index (χ2n) is 6.85. The van der Waals surface area contributed by atoms with Crippen LogP contribution in [0.1, 0.15) is 109 Å². The number of allylic oxidation sites excluding steroid dienone is 2. The molecular weight excluding hydrogens is 272 g/mol. The third-order valence-electron chi connectivity index (χ3n) is 4.73. The molecule has 0 heterocycles. The third kappa shape index (κ3) is 10.9. The van der Waals surface area contributed by atoms with Crippen molar-refractivity contribution in [3.05, 3.63) is 11.8 Å². The number of carbonyl (C=O) groups excluding carboxylic acids is 1. The zero-order valence-electron chi connectivity index (χ0n) is 14.5. The molecule has 0 saturated heterocycles. The molecule has 2 nitrogen and oxygen atoms in total. The van der Waals surface area contributed by atoms with Gasteiger partial charge in [0.1, 0.15) is 0 Å². The topological polar surface area (TPSA) is 37.3 Å². The highest BCUT2D eigenvalue weighted by Crippen LogP contribution is 2.15. The summed E-state index contributed by atoms with van der Waals surface area (Å²) in [6.07, 6.45) is 22.4. The van der Waals surface area contributed by atoms with Crippen LogP contribution in [0.15, 0.2) is 11.8 Å². The van der Waals surface area contributed by atoms with Gasteiger partial charge >= 0.3 is 0 Å². The van der Waals surface area contributed by atoms with E-state index in [0.29, 0.717) is 6.42 Å². The van der Waals surface area contributed by atoms with Crippen LogP contribution in [0.4, 0.5) is 0 Å². The molecule has 128 valence electrons. The predicted molar refractivity (Wildman–Crippen MR) is 94.2 cm³/mol. The Bertz CT molecular complexity index is 307. The summed E-state index contributed by atoms with van der Waals surface area (Å²) in [6, 6.07) is 0. The summed E-state index contributed by atoms with van der Waals surface area (Å²) in [5, 5.41) is 9.75. The molecule has 0 unspecified atom stereocenters. The van der Waals surface area contributed by atoms with Crippen LogP contribution in [-0.2, 0) is 4.79 Å². The summed E-state index contributed by atoms with van der Waals surface area (Å²) in [4.78, 5) is 11.8. The Morgan fingerprint density at radius 2 is 0.955 bits per heavy atom. The molecule has 0 aromatic carbocycles. The molecule has 0 spiro atoms. The van der Waals surface area contributed by atoms with Crippen molar-refractivity contribution in [2.45, 2.75) is 109 Å². The number of Topliss-reactive ketones (excluding diaryl/α,β-unsaturated/α-hetero) is 1. The minimum Gasteiger partial charge on any atom is -0.505 e. The van der Waals surface area contributed by atoms with E-state index in [1.54, 1.807) is 6.08 Å². The Labute approximate surface area is 137 Å². The van der Waals surface area contributed by atoms with Crippen molar-refractivity contribution in [2.24, 2.45) is 0 Å². The van der Waals surface area contributed by atoms with Gasteiger partial charge in [-0.1, -0.05) is 83.5 Å². The van der Waals surface area contributed by atoms with Crippen LogP contribution in [0.5, 0.6) is 0 Å². The first-order valence-electron chi connectivity index (χ1n) is 9.73. The van der Waals surface area contributed by atoms with Crippen LogP contribution in [0.25, 0.3) is 0 Å². The van der Waals surface area contributed by atoms with E-state index in [2.05, 4.69) is 0 Å². The molecule has 1 rings (SSSR count). The number of carbonyl (C=O) groups is 1. The zero-order chi connectivity index (χ0) is 15.9. The molecule has 0 aromatic rings. The number of ketones is 1. The molecule has 0 saturated carbocycles. The fourth-order valence-electron chi connectivity index (χ4n) is 3.21. The predicted octanol–water partition coefficient (Wildman–Crippen LogP) is 6.64. The molecule has 0 fully saturated rings. The summed E-state index contributed by atoms with van der Waals surface area (Å²) in [5.74, 6) is -0.0520. The van der Waals surface area contributed by atoms with Gasteiger partial charge in [-0.15, -0.1) is 0 Å². The van der Waals surface area contributed by atoms with Crippen molar-refractivity contribution in [1.82, 2.24) is 0 Å². The molecule has 0 aromatic heterocycles. The maximum absolute atomic E-state index is 11.8. The summed E-state index contributed by atoms with van der Waals surface area (Å²) < 4.78 is 0. The first-order valence-corrected chi connectivity index (χ1v) is 9.73. The Balaban J connectivity index is 2.25. The number of hydrogen-bond acceptors (Lipinski definition) is 2. The Morgan fingerprint density at radius 1 is 0.591 bits per heavy atom. The molecule has 0 bridgehead atoms. The fourth-order valence-corrected chi connectivity index (χ4v) is 3.21. The average molecular weight is 309 g/mol. The smallest absolute Gasteiger partial charge is 0.196 e. The van der Waals surface area contributed by atoms with Crippen LogP contribution >= 0.6 is 0 Å². The Morgan fingerprint density at radius 3 is 1.41 bits per heavy atom. The Hall–Kier alpha value is -0.790. The number of rotatable bonds is 0. The van der Waals surface area contributed by atoms with E-state index >= 15 is 0 Å². The van der Waals surface area contributed by atoms with Crippen molar-refractivity contribution < 1.29 is 9.90 Å². The second kappa shape index (κ2) is 13.8. The van der Waals surface area contributed by atoms with Crippen LogP contribution < -0.4 is 0 Å². The average Bonchev–Trinajstić information content (AvgIpc) is 2.52. The second-order valence-corrected chi connectivity index (χ2v) is 6.85. The largest absolute Gasteiger partial charge is 0.505 e. The maximum atomic E-state index is 11.8. The van der Waals surface area contributed by atoms with E-state index in [1.807, 2.05) is 0 Å². The van der Waals surface area contributed by atoms with Crippen LogP contribution in [0, 0.1) is 0 Å². The molecule has 0 aliphatic heterocycles. The van der Waals surface area contributed by atoms with Crippen molar-refractivity contribution in [1.29, 1.82) is 0 Å². The van der Waals surface area contributed by atoms with Gasteiger partial charge in [0.05, 0.1) is 0 Å². The summed E-state index contributed by atoms with van der Waals surface area (Å²) >= 11 is 0. The normalized spacial score (nSPS) is 22.7. The Kier molecular flexibility index (Phi) is 12.1. The summed E-state index contributed by atoms with van der Waals surface area (Å²) in [6.45, 7) is 0. The van der Waals surface area contributed by atoms with Crippen molar-refractivity contribution in [3.8, 4) is 0 Å². The lowest BCUT2D eigenvalue weighted by molar-refractivity contribution is -0.118. The molecule has 0 amide bonds. The standard InChI is InChI=1S/C20H36O2/c21-19-17-15-13-11-9-7-5-3-1-2-4-6-8-10-12-14-16-18-20(19)22/h17,21H,1-16,18H2. The molecule has 0 atom stereocenters. The lowest BCUT2D eigenvalue weighted by atomic mass is 10.0. The fraction of sp³-hybridized carbons (Fsp3) is 0.850. The third-order valence-corrected chi connectivity index (χ3v) is 4.73. The first-order chi connectivity index (χ1) is 10.8. The number of hydrogen-bond donors (Lipinski definition) is 1. The highest BCUT2D eigenvalue weighted by molar-refractivity contribution is 5.92. The molecule has 2 heteroatoms. The van der Waals surface area contributed by atoms with Gasteiger partial charge in [-0.05, 0) is 25.3 Å². The first kappa shape index (κ1) is 19.3. The molecule has 1 aliphatic carbocycles. The highest BCUT2D eigenvalue weighted by atomic mass is 16.3. The van der Waals surface area contributed by atoms with E-state index < -0.39 is 0 Å². The van der Waals surface area contributed by atoms with Gasteiger partial charge in [0.2, 0.25) is 0 Å². The maximum Gasteiger partial charge on any atom is 0.196 e. The van der Waals surface area contributed by atoms with E-state index in [4.69, 9.17) is 0 Å². The van der Waals surface area contributed by atoms with Crippen LogP contribution in [0.3, 0.4) is 0 Å². The van der Waals surface area contributed by atoms with E-state index in [9.17, 15) is 9.90 Å². The lowest BCUT2D eigenvalue weighted by Crippen LogP contribution is -2.01. The molecule has 1 N–H and O–H groups in total. The van der Waals surface area contributed by atoms with Crippen molar-refractivity contribution in [3.63, 3.8) is 0 Å². The number of aliphatic hydroxyl groups is 1. The quantitative estimate of drug-likeness (QED) is 0.544. The zero-order valence-corrected chi connectivity index (χ0v) is 14.5. The van der Waals surface area contributed by atoms with E-state index in [-0.39, 0.29) is 11.5 Å². The molecule has 0 radical (unpaired) electrons. The minimum atomic E-state index is -0.0607. The number of aliphatic hydroxyl groups excluding tert-OH is 1.